The number of ether oxygens (including phenoxy) is 1. The average molecular weight is 544 g/mol. The Morgan fingerprint density at radius 1 is 1.13 bits per heavy atom. The summed E-state index contributed by atoms with van der Waals surface area (Å²) in [5.41, 5.74) is 2.97. The van der Waals surface area contributed by atoms with Crippen LogP contribution in [0.2, 0.25) is 5.02 Å². The molecule has 38 heavy (non-hydrogen) atoms. The summed E-state index contributed by atoms with van der Waals surface area (Å²) in [6.07, 6.45) is -0.136. The molecule has 9 heteroatoms. The van der Waals surface area contributed by atoms with Crippen LogP contribution >= 0.6 is 11.6 Å². The Bertz CT molecular complexity index is 1170. The first-order valence-electron chi connectivity index (χ1n) is 12.8. The van der Waals surface area contributed by atoms with Gasteiger partial charge in [-0.2, -0.15) is 0 Å². The number of para-hydroxylation sites is 1. The molecular formula is C29H38ClN3O5. The van der Waals surface area contributed by atoms with Gasteiger partial charge in [-0.05, 0) is 71.1 Å². The van der Waals surface area contributed by atoms with Crippen molar-refractivity contribution in [3.8, 4) is 0 Å². The number of hydrogen-bond acceptors (Lipinski definition) is 5. The van der Waals surface area contributed by atoms with Crippen LogP contribution in [0.4, 0.5) is 10.5 Å². The molecule has 8 nitrogen and oxygen atoms in total. The number of hydrogen-bond donors (Lipinski definition) is 3. The fourth-order valence-electron chi connectivity index (χ4n) is 4.58. The number of rotatable bonds is 8. The maximum atomic E-state index is 14.0. The van der Waals surface area contributed by atoms with E-state index in [0.717, 1.165) is 16.7 Å². The van der Waals surface area contributed by atoms with Crippen LogP contribution in [0.3, 0.4) is 0 Å². The molecule has 206 valence electrons. The molecule has 4 atom stereocenters. The van der Waals surface area contributed by atoms with Crippen molar-refractivity contribution in [2.45, 2.75) is 78.6 Å². The van der Waals surface area contributed by atoms with E-state index in [9.17, 15) is 19.5 Å². The zero-order valence-corrected chi connectivity index (χ0v) is 23.8. The monoisotopic (exact) mass is 543 g/mol. The van der Waals surface area contributed by atoms with Crippen molar-refractivity contribution >= 4 is 35.2 Å². The van der Waals surface area contributed by atoms with Crippen LogP contribution in [0, 0.1) is 26.7 Å². The number of alkyl carbamates (subject to hydrolysis) is 1. The third-order valence-corrected chi connectivity index (χ3v) is 6.72. The number of carbonyl (C=O) groups is 3. The van der Waals surface area contributed by atoms with Gasteiger partial charge in [-0.25, -0.2) is 4.79 Å². The van der Waals surface area contributed by atoms with Crippen LogP contribution in [-0.4, -0.2) is 52.2 Å². The Hall–Kier alpha value is -3.10. The van der Waals surface area contributed by atoms with Crippen molar-refractivity contribution in [2.75, 3.05) is 11.9 Å². The molecule has 0 bridgehead atoms. The van der Waals surface area contributed by atoms with Crippen LogP contribution in [0.1, 0.15) is 62.4 Å². The molecule has 1 fully saturated rings. The van der Waals surface area contributed by atoms with Gasteiger partial charge in [0.25, 0.3) is 5.91 Å². The minimum absolute atomic E-state index is 0.142. The molecule has 4 unspecified atom stereocenters. The molecule has 2 aromatic rings. The average Bonchev–Trinajstić information content (AvgIpc) is 3.51. The van der Waals surface area contributed by atoms with Gasteiger partial charge in [0.2, 0.25) is 5.91 Å². The van der Waals surface area contributed by atoms with Gasteiger partial charge >= 0.3 is 6.09 Å². The van der Waals surface area contributed by atoms with Crippen molar-refractivity contribution in [3.63, 3.8) is 0 Å². The quantitative estimate of drug-likeness (QED) is 0.431. The van der Waals surface area contributed by atoms with E-state index in [-0.39, 0.29) is 12.0 Å². The second kappa shape index (κ2) is 11.7. The van der Waals surface area contributed by atoms with Crippen molar-refractivity contribution in [3.05, 3.63) is 63.7 Å². The smallest absolute Gasteiger partial charge is 0.408 e. The molecule has 1 aliphatic rings. The van der Waals surface area contributed by atoms with E-state index >= 15 is 0 Å². The highest BCUT2D eigenvalue weighted by molar-refractivity contribution is 6.34. The predicted octanol–water partition coefficient (Wildman–Crippen LogP) is 5.07. The second-order valence-electron chi connectivity index (χ2n) is 11.2. The summed E-state index contributed by atoms with van der Waals surface area (Å²) >= 11 is 6.41. The molecular weight excluding hydrogens is 506 g/mol. The third kappa shape index (κ3) is 7.26. The van der Waals surface area contributed by atoms with E-state index in [1.54, 1.807) is 32.9 Å². The molecule has 1 aliphatic carbocycles. The summed E-state index contributed by atoms with van der Waals surface area (Å²) in [4.78, 5) is 41.9. The minimum Gasteiger partial charge on any atom is -0.444 e. The van der Waals surface area contributed by atoms with Gasteiger partial charge in [0.15, 0.2) is 0 Å². The SMILES string of the molecule is Cc1cc(C)cc(C(C(=O)Nc2c(C)cccc2Cl)N(C(=O)C(CO)NC(=O)OC(C)(C)C)C2CC2C)c1. The molecule has 1 saturated carbocycles. The lowest BCUT2D eigenvalue weighted by Gasteiger charge is -2.35. The fraction of sp³-hybridized carbons (Fsp3) is 0.483. The van der Waals surface area contributed by atoms with E-state index < -0.39 is 42.2 Å². The van der Waals surface area contributed by atoms with Crippen LogP contribution in [0.25, 0.3) is 0 Å². The summed E-state index contributed by atoms with van der Waals surface area (Å²) in [5.74, 6) is -0.862. The molecule has 0 aromatic heterocycles. The molecule has 0 radical (unpaired) electrons. The highest BCUT2D eigenvalue weighted by atomic mass is 35.5. The topological polar surface area (TPSA) is 108 Å². The number of aliphatic hydroxyl groups is 1. The van der Waals surface area contributed by atoms with Crippen LogP contribution in [0.15, 0.2) is 36.4 Å². The molecule has 0 saturated heterocycles. The molecule has 0 heterocycles. The lowest BCUT2D eigenvalue weighted by molar-refractivity contribution is -0.142. The summed E-state index contributed by atoms with van der Waals surface area (Å²) in [6.45, 7) is 12.2. The lowest BCUT2D eigenvalue weighted by Crippen LogP contribution is -2.54. The van der Waals surface area contributed by atoms with E-state index in [1.807, 2.05) is 52.0 Å². The normalized spacial score (nSPS) is 18.2. The van der Waals surface area contributed by atoms with Gasteiger partial charge in [-0.3, -0.25) is 9.59 Å². The molecule has 3 N–H and O–H groups in total. The molecule has 3 amide bonds. The Kier molecular flexibility index (Phi) is 9.10. The van der Waals surface area contributed by atoms with Gasteiger partial charge in [0.1, 0.15) is 17.7 Å². The summed E-state index contributed by atoms with van der Waals surface area (Å²) in [7, 11) is 0. The van der Waals surface area contributed by atoms with Crippen LogP contribution < -0.4 is 10.6 Å². The van der Waals surface area contributed by atoms with E-state index in [0.29, 0.717) is 22.7 Å². The lowest BCUT2D eigenvalue weighted by atomic mass is 9.98. The minimum atomic E-state index is -1.29. The number of carbonyl (C=O) groups excluding carboxylic acids is 3. The van der Waals surface area contributed by atoms with E-state index in [4.69, 9.17) is 16.3 Å². The molecule has 3 rings (SSSR count). The van der Waals surface area contributed by atoms with Crippen LogP contribution in [-0.2, 0) is 14.3 Å². The maximum absolute atomic E-state index is 14.0. The van der Waals surface area contributed by atoms with Gasteiger partial charge in [-0.15, -0.1) is 0 Å². The number of nitrogens with one attached hydrogen (secondary N) is 2. The molecule has 2 aromatic carbocycles. The Balaban J connectivity index is 2.05. The second-order valence-corrected chi connectivity index (χ2v) is 11.6. The van der Waals surface area contributed by atoms with Gasteiger partial charge < -0.3 is 25.4 Å². The largest absolute Gasteiger partial charge is 0.444 e. The zero-order valence-electron chi connectivity index (χ0n) is 23.1. The number of aliphatic hydroxyl groups excluding tert-OH is 1. The number of amides is 3. The number of halogens is 1. The van der Waals surface area contributed by atoms with Crippen molar-refractivity contribution in [1.82, 2.24) is 10.2 Å². The van der Waals surface area contributed by atoms with Gasteiger partial charge in [0.05, 0.1) is 17.3 Å². The van der Waals surface area contributed by atoms with E-state index in [2.05, 4.69) is 10.6 Å². The first-order chi connectivity index (χ1) is 17.7. The fourth-order valence-corrected chi connectivity index (χ4v) is 4.84. The van der Waals surface area contributed by atoms with Gasteiger partial charge in [0, 0.05) is 6.04 Å². The Labute approximate surface area is 229 Å². The standard InChI is InChI=1S/C29H38ClN3O5/c1-16-11-17(2)13-20(12-16)25(26(35)32-24-18(3)9-8-10-21(24)30)33(23-14-19(23)4)27(36)22(15-34)31-28(37)38-29(5,6)7/h8-13,19,22-23,25,34H,14-15H2,1-7H3,(H,31,37)(H,32,35). The maximum Gasteiger partial charge on any atom is 0.408 e. The highest BCUT2D eigenvalue weighted by Gasteiger charge is 2.48. The first-order valence-corrected chi connectivity index (χ1v) is 13.2. The van der Waals surface area contributed by atoms with E-state index in [1.165, 1.54) is 4.90 Å². The number of benzene rings is 2. The summed E-state index contributed by atoms with van der Waals surface area (Å²) in [5, 5.41) is 15.9. The first kappa shape index (κ1) is 29.5. The molecule has 0 aliphatic heterocycles. The van der Waals surface area contributed by atoms with Crippen LogP contribution in [0.5, 0.6) is 0 Å². The Morgan fingerprint density at radius 2 is 1.74 bits per heavy atom. The zero-order chi connectivity index (χ0) is 28.4. The third-order valence-electron chi connectivity index (χ3n) is 6.41. The van der Waals surface area contributed by atoms with Gasteiger partial charge in [-0.1, -0.05) is 60.0 Å². The van der Waals surface area contributed by atoms with Crippen molar-refractivity contribution in [1.29, 1.82) is 0 Å². The number of aryl methyl sites for hydroxylation is 3. The van der Waals surface area contributed by atoms with Crippen molar-refractivity contribution < 1.29 is 24.2 Å². The van der Waals surface area contributed by atoms with Crippen molar-refractivity contribution in [2.24, 2.45) is 5.92 Å². The Morgan fingerprint density at radius 3 is 2.24 bits per heavy atom. The number of anilines is 1. The molecule has 0 spiro atoms. The predicted molar refractivity (Wildman–Crippen MR) is 148 cm³/mol. The highest BCUT2D eigenvalue weighted by Crippen LogP contribution is 2.41. The summed E-state index contributed by atoms with van der Waals surface area (Å²) in [6, 6.07) is 8.50. The summed E-state index contributed by atoms with van der Waals surface area (Å²) < 4.78 is 5.30. The number of nitrogens with zero attached hydrogens (tertiary/aromatic N) is 1.